The normalized spacial score (nSPS) is 12.5. The van der Waals surface area contributed by atoms with E-state index in [-0.39, 0.29) is 12.7 Å². The number of hydrogen-bond donors (Lipinski definition) is 1. The van der Waals surface area contributed by atoms with Crippen molar-refractivity contribution in [3.05, 3.63) is 18.6 Å². The molecule has 11 heavy (non-hydrogen) atoms. The van der Waals surface area contributed by atoms with E-state index in [0.717, 1.165) is 0 Å². The van der Waals surface area contributed by atoms with Gasteiger partial charge in [-0.1, -0.05) is 0 Å². The fraction of sp³-hybridized carbons (Fsp3) is 0.429. The van der Waals surface area contributed by atoms with Crippen LogP contribution < -0.4 is 4.74 Å². The average Bonchev–Trinajstić information content (AvgIpc) is 2.06. The summed E-state index contributed by atoms with van der Waals surface area (Å²) in [4.78, 5) is 7.55. The fourth-order valence-electron chi connectivity index (χ4n) is 0.592. The van der Waals surface area contributed by atoms with Crippen molar-refractivity contribution in [3.8, 4) is 5.88 Å². The molecule has 0 saturated carbocycles. The first-order valence-corrected chi connectivity index (χ1v) is 3.36. The Labute approximate surface area is 64.9 Å². The van der Waals surface area contributed by atoms with Gasteiger partial charge in [-0.15, -0.1) is 0 Å². The molecule has 60 valence electrons. The molecule has 4 heteroatoms. The topological polar surface area (TPSA) is 55.2 Å². The minimum Gasteiger partial charge on any atom is -0.472 e. The first-order valence-electron chi connectivity index (χ1n) is 3.36. The van der Waals surface area contributed by atoms with Gasteiger partial charge >= 0.3 is 0 Å². The highest BCUT2D eigenvalue weighted by atomic mass is 16.5. The Morgan fingerprint density at radius 1 is 1.73 bits per heavy atom. The molecular weight excluding hydrogens is 144 g/mol. The summed E-state index contributed by atoms with van der Waals surface area (Å²) in [6.45, 7) is 1.76. The Morgan fingerprint density at radius 2 is 2.55 bits per heavy atom. The van der Waals surface area contributed by atoms with Gasteiger partial charge in [-0.05, 0) is 6.92 Å². The maximum Gasteiger partial charge on any atom is 0.216 e. The van der Waals surface area contributed by atoms with E-state index >= 15 is 0 Å². The summed E-state index contributed by atoms with van der Waals surface area (Å²) in [7, 11) is 0. The molecule has 1 aromatic rings. The van der Waals surface area contributed by atoms with Gasteiger partial charge in [-0.25, -0.2) is 9.97 Å². The van der Waals surface area contributed by atoms with E-state index in [9.17, 15) is 0 Å². The number of aliphatic hydroxyl groups is 1. The highest BCUT2D eigenvalue weighted by Gasteiger charge is 2.00. The van der Waals surface area contributed by atoms with Crippen LogP contribution in [0.15, 0.2) is 18.6 Å². The predicted molar refractivity (Wildman–Crippen MR) is 39.2 cm³/mol. The van der Waals surface area contributed by atoms with Crippen LogP contribution in [0, 0.1) is 0 Å². The van der Waals surface area contributed by atoms with Gasteiger partial charge in [0, 0.05) is 12.3 Å². The molecule has 1 rings (SSSR count). The van der Waals surface area contributed by atoms with Crippen LogP contribution in [-0.4, -0.2) is 27.8 Å². The zero-order chi connectivity index (χ0) is 8.10. The van der Waals surface area contributed by atoms with Crippen LogP contribution in [0.4, 0.5) is 0 Å². The molecule has 0 spiro atoms. The molecule has 0 radical (unpaired) electrons. The third-order valence-electron chi connectivity index (χ3n) is 1.13. The molecule has 1 atom stereocenters. The number of ether oxygens (including phenoxy) is 1. The zero-order valence-corrected chi connectivity index (χ0v) is 6.27. The molecule has 0 unspecified atom stereocenters. The molecule has 1 N–H and O–H groups in total. The molecule has 0 aliphatic rings. The van der Waals surface area contributed by atoms with Crippen LogP contribution in [-0.2, 0) is 0 Å². The second-order valence-corrected chi connectivity index (χ2v) is 2.16. The minimum atomic E-state index is -0.218. The fourth-order valence-corrected chi connectivity index (χ4v) is 0.592. The summed E-state index contributed by atoms with van der Waals surface area (Å²) in [5, 5.41) is 8.63. The van der Waals surface area contributed by atoms with Crippen molar-refractivity contribution in [2.45, 2.75) is 13.0 Å². The summed E-state index contributed by atoms with van der Waals surface area (Å²) in [6.07, 6.45) is 2.77. The van der Waals surface area contributed by atoms with Gasteiger partial charge in [0.15, 0.2) is 0 Å². The molecule has 0 saturated heterocycles. The van der Waals surface area contributed by atoms with E-state index in [1.54, 1.807) is 19.2 Å². The van der Waals surface area contributed by atoms with E-state index in [2.05, 4.69) is 9.97 Å². The first-order chi connectivity index (χ1) is 5.33. The number of aliphatic hydroxyl groups excluding tert-OH is 1. The number of rotatable bonds is 3. The molecule has 4 nitrogen and oxygen atoms in total. The Bertz CT molecular complexity index is 203. The van der Waals surface area contributed by atoms with Gasteiger partial charge in [-0.3, -0.25) is 0 Å². The maximum atomic E-state index is 8.63. The van der Waals surface area contributed by atoms with Crippen LogP contribution in [0.5, 0.6) is 5.88 Å². The quantitative estimate of drug-likeness (QED) is 0.677. The molecule has 0 fully saturated rings. The largest absolute Gasteiger partial charge is 0.472 e. The predicted octanol–water partition coefficient (Wildman–Crippen LogP) is 0.236. The van der Waals surface area contributed by atoms with Crippen molar-refractivity contribution in [1.82, 2.24) is 9.97 Å². The lowest BCUT2D eigenvalue weighted by atomic mass is 10.4. The Morgan fingerprint density at radius 3 is 3.09 bits per heavy atom. The molecule has 1 aromatic heterocycles. The Balaban J connectivity index is 2.51. The van der Waals surface area contributed by atoms with Crippen molar-refractivity contribution < 1.29 is 9.84 Å². The van der Waals surface area contributed by atoms with Crippen molar-refractivity contribution in [2.75, 3.05) is 6.61 Å². The summed E-state index contributed by atoms with van der Waals surface area (Å²) in [5.74, 6) is 0.488. The van der Waals surface area contributed by atoms with Crippen LogP contribution in [0.2, 0.25) is 0 Å². The molecule has 0 amide bonds. The summed E-state index contributed by atoms with van der Waals surface area (Å²) < 4.78 is 5.16. The summed E-state index contributed by atoms with van der Waals surface area (Å²) in [5.41, 5.74) is 0. The Kier molecular flexibility index (Phi) is 2.80. The van der Waals surface area contributed by atoms with E-state index in [4.69, 9.17) is 9.84 Å². The number of hydrogen-bond acceptors (Lipinski definition) is 4. The van der Waals surface area contributed by atoms with Gasteiger partial charge in [0.1, 0.15) is 12.4 Å². The Hall–Kier alpha value is -1.16. The first kappa shape index (κ1) is 7.94. The molecule has 1 heterocycles. The van der Waals surface area contributed by atoms with Crippen molar-refractivity contribution in [3.63, 3.8) is 0 Å². The van der Waals surface area contributed by atoms with Crippen LogP contribution in [0.3, 0.4) is 0 Å². The average molecular weight is 154 g/mol. The molecule has 0 aliphatic carbocycles. The van der Waals surface area contributed by atoms with Gasteiger partial charge in [-0.2, -0.15) is 0 Å². The van der Waals surface area contributed by atoms with E-state index in [0.29, 0.717) is 5.88 Å². The molecule has 0 bridgehead atoms. The SMILES string of the molecule is C[C@@H](CO)Oc1ccncn1. The van der Waals surface area contributed by atoms with Crippen LogP contribution >= 0.6 is 0 Å². The van der Waals surface area contributed by atoms with Gasteiger partial charge in [0.25, 0.3) is 0 Å². The third-order valence-corrected chi connectivity index (χ3v) is 1.13. The zero-order valence-electron chi connectivity index (χ0n) is 6.27. The van der Waals surface area contributed by atoms with Gasteiger partial charge in [0.05, 0.1) is 6.61 Å². The second kappa shape index (κ2) is 3.88. The lowest BCUT2D eigenvalue weighted by Crippen LogP contribution is -2.16. The van der Waals surface area contributed by atoms with Crippen molar-refractivity contribution in [2.24, 2.45) is 0 Å². The number of nitrogens with zero attached hydrogens (tertiary/aromatic N) is 2. The highest BCUT2D eigenvalue weighted by molar-refractivity contribution is 5.04. The second-order valence-electron chi connectivity index (χ2n) is 2.16. The van der Waals surface area contributed by atoms with Crippen molar-refractivity contribution >= 4 is 0 Å². The summed E-state index contributed by atoms with van der Waals surface area (Å²) in [6, 6.07) is 1.64. The lowest BCUT2D eigenvalue weighted by molar-refractivity contribution is 0.125. The van der Waals surface area contributed by atoms with E-state index < -0.39 is 0 Å². The third kappa shape index (κ3) is 2.51. The van der Waals surface area contributed by atoms with Crippen LogP contribution in [0.25, 0.3) is 0 Å². The van der Waals surface area contributed by atoms with E-state index in [1.165, 1.54) is 6.33 Å². The molecular formula is C7H10N2O2. The highest BCUT2D eigenvalue weighted by Crippen LogP contribution is 2.03. The minimum absolute atomic E-state index is 0.00992. The van der Waals surface area contributed by atoms with Crippen LogP contribution in [0.1, 0.15) is 6.92 Å². The maximum absolute atomic E-state index is 8.63. The monoisotopic (exact) mass is 154 g/mol. The molecule has 0 aromatic carbocycles. The van der Waals surface area contributed by atoms with Gasteiger partial charge in [0.2, 0.25) is 5.88 Å². The number of aromatic nitrogens is 2. The molecule has 0 aliphatic heterocycles. The van der Waals surface area contributed by atoms with Gasteiger partial charge < -0.3 is 9.84 Å². The summed E-state index contributed by atoms with van der Waals surface area (Å²) >= 11 is 0. The lowest BCUT2D eigenvalue weighted by Gasteiger charge is -2.09. The smallest absolute Gasteiger partial charge is 0.216 e. The van der Waals surface area contributed by atoms with Crippen molar-refractivity contribution in [1.29, 1.82) is 0 Å². The van der Waals surface area contributed by atoms with E-state index in [1.807, 2.05) is 0 Å². The standard InChI is InChI=1S/C7H10N2O2/c1-6(4-10)11-7-2-3-8-5-9-7/h2-3,5-6,10H,4H2,1H3/t6-/m0/s1.